The van der Waals surface area contributed by atoms with E-state index < -0.39 is 0 Å². The summed E-state index contributed by atoms with van der Waals surface area (Å²) in [5.41, 5.74) is 7.30. The van der Waals surface area contributed by atoms with Crippen LogP contribution in [0.25, 0.3) is 20.7 Å². The fraction of sp³-hybridized carbons (Fsp3) is 0.353. The van der Waals surface area contributed by atoms with E-state index in [0.29, 0.717) is 0 Å². The number of nitrogens with two attached hydrogens (primary N) is 1. The number of thiazole rings is 1. The summed E-state index contributed by atoms with van der Waals surface area (Å²) in [6.45, 7) is 4.16. The molecule has 1 aliphatic heterocycles. The van der Waals surface area contributed by atoms with Crippen molar-refractivity contribution >= 4 is 37.9 Å². The first kappa shape index (κ1) is 14.2. The zero-order valence-electron chi connectivity index (χ0n) is 12.6. The zero-order valence-corrected chi connectivity index (χ0v) is 14.2. The molecule has 1 saturated heterocycles. The maximum Gasteiger partial charge on any atom is 0.185 e. The van der Waals surface area contributed by atoms with Crippen molar-refractivity contribution in [2.75, 3.05) is 18.0 Å². The first-order valence-electron chi connectivity index (χ1n) is 7.59. The number of piperidine rings is 1. The first-order chi connectivity index (χ1) is 10.6. The van der Waals surface area contributed by atoms with Crippen molar-refractivity contribution in [1.82, 2.24) is 4.98 Å². The fourth-order valence-corrected chi connectivity index (χ4v) is 4.82. The van der Waals surface area contributed by atoms with Gasteiger partial charge in [-0.1, -0.05) is 18.2 Å². The van der Waals surface area contributed by atoms with Crippen LogP contribution in [-0.4, -0.2) is 23.6 Å². The summed E-state index contributed by atoms with van der Waals surface area (Å²) in [7, 11) is 0. The number of thiophene rings is 1. The summed E-state index contributed by atoms with van der Waals surface area (Å²) in [4.78, 5) is 8.49. The van der Waals surface area contributed by atoms with Crippen LogP contribution in [-0.2, 0) is 0 Å². The lowest BCUT2D eigenvalue weighted by molar-refractivity contribution is 0.364. The van der Waals surface area contributed by atoms with E-state index in [4.69, 9.17) is 10.7 Å². The van der Waals surface area contributed by atoms with Crippen LogP contribution >= 0.6 is 22.7 Å². The Morgan fingerprint density at radius 3 is 2.77 bits per heavy atom. The predicted molar refractivity (Wildman–Crippen MR) is 97.0 cm³/mol. The van der Waals surface area contributed by atoms with Crippen molar-refractivity contribution < 1.29 is 0 Å². The molecule has 0 saturated carbocycles. The molecule has 0 aliphatic carbocycles. The highest BCUT2D eigenvalue weighted by molar-refractivity contribution is 7.22. The molecule has 4 rings (SSSR count). The molecule has 0 spiro atoms. The monoisotopic (exact) mass is 329 g/mol. The van der Waals surface area contributed by atoms with Gasteiger partial charge in [0.25, 0.3) is 0 Å². The molecule has 1 fully saturated rings. The zero-order chi connectivity index (χ0) is 15.2. The van der Waals surface area contributed by atoms with E-state index in [-0.39, 0.29) is 5.54 Å². The van der Waals surface area contributed by atoms with Gasteiger partial charge in [-0.3, -0.25) is 0 Å². The van der Waals surface area contributed by atoms with Crippen LogP contribution in [0.4, 0.5) is 5.13 Å². The van der Waals surface area contributed by atoms with E-state index in [9.17, 15) is 0 Å². The summed E-state index contributed by atoms with van der Waals surface area (Å²) in [6.07, 6.45) is 2.07. The average Bonchev–Trinajstić information content (AvgIpc) is 3.13. The molecule has 0 radical (unpaired) electrons. The molecule has 1 aromatic carbocycles. The topological polar surface area (TPSA) is 42.1 Å². The molecule has 0 bridgehead atoms. The van der Waals surface area contributed by atoms with Gasteiger partial charge in [-0.2, -0.15) is 0 Å². The number of nitrogens with zero attached hydrogens (tertiary/aromatic N) is 2. The van der Waals surface area contributed by atoms with Crippen molar-refractivity contribution in [3.05, 3.63) is 35.7 Å². The standard InChI is InChI=1S/C17H19N3S2/c1-17(18)6-8-20(9-7-17)16-19-13(11-21-16)15-10-12-4-2-3-5-14(12)22-15/h2-5,10-11H,6-9,18H2,1H3. The van der Waals surface area contributed by atoms with E-state index in [1.165, 1.54) is 15.0 Å². The Kier molecular flexibility index (Phi) is 3.44. The number of aromatic nitrogens is 1. The third-order valence-corrected chi connectivity index (χ3v) is 6.39. The second kappa shape index (κ2) is 5.33. The molecule has 0 unspecified atom stereocenters. The van der Waals surface area contributed by atoms with Gasteiger partial charge >= 0.3 is 0 Å². The lowest BCUT2D eigenvalue weighted by Gasteiger charge is -2.36. The Hall–Kier alpha value is -1.43. The SMILES string of the molecule is CC1(N)CCN(c2nc(-c3cc4ccccc4s3)cs2)CC1. The molecule has 3 nitrogen and oxygen atoms in total. The van der Waals surface area contributed by atoms with Crippen molar-refractivity contribution in [1.29, 1.82) is 0 Å². The Morgan fingerprint density at radius 2 is 2.00 bits per heavy atom. The summed E-state index contributed by atoms with van der Waals surface area (Å²) in [5, 5.41) is 4.60. The Balaban J connectivity index is 1.59. The van der Waals surface area contributed by atoms with Crippen LogP contribution in [0.15, 0.2) is 35.7 Å². The van der Waals surface area contributed by atoms with Crippen molar-refractivity contribution in [2.45, 2.75) is 25.3 Å². The van der Waals surface area contributed by atoms with E-state index in [1.54, 1.807) is 11.3 Å². The summed E-state index contributed by atoms with van der Waals surface area (Å²) in [6, 6.07) is 10.8. The van der Waals surface area contributed by atoms with Gasteiger partial charge in [0.05, 0.1) is 10.6 Å². The number of hydrogen-bond acceptors (Lipinski definition) is 5. The molecule has 0 amide bonds. The molecule has 5 heteroatoms. The van der Waals surface area contributed by atoms with E-state index >= 15 is 0 Å². The fourth-order valence-electron chi connectivity index (χ4n) is 2.84. The first-order valence-corrected chi connectivity index (χ1v) is 9.29. The van der Waals surface area contributed by atoms with Gasteiger partial charge in [-0.15, -0.1) is 22.7 Å². The molecule has 22 heavy (non-hydrogen) atoms. The van der Waals surface area contributed by atoms with Crippen molar-refractivity contribution in [3.8, 4) is 10.6 Å². The van der Waals surface area contributed by atoms with Gasteiger partial charge in [0.15, 0.2) is 5.13 Å². The largest absolute Gasteiger partial charge is 0.348 e. The second-order valence-electron chi connectivity index (χ2n) is 6.30. The molecule has 2 N–H and O–H groups in total. The third kappa shape index (κ3) is 2.64. The number of benzene rings is 1. The lowest BCUT2D eigenvalue weighted by Crippen LogP contribution is -2.48. The molecule has 3 heterocycles. The van der Waals surface area contributed by atoms with Crippen LogP contribution in [0.5, 0.6) is 0 Å². The number of rotatable bonds is 2. The van der Waals surface area contributed by atoms with Gasteiger partial charge in [-0.25, -0.2) is 4.98 Å². The minimum Gasteiger partial charge on any atom is -0.348 e. The van der Waals surface area contributed by atoms with E-state index in [1.807, 2.05) is 11.3 Å². The highest BCUT2D eigenvalue weighted by atomic mass is 32.1. The highest BCUT2D eigenvalue weighted by Crippen LogP contribution is 2.36. The van der Waals surface area contributed by atoms with E-state index in [2.05, 4.69) is 47.5 Å². The number of fused-ring (bicyclic) bond motifs is 1. The summed E-state index contributed by atoms with van der Waals surface area (Å²) < 4.78 is 1.32. The van der Waals surface area contributed by atoms with Crippen LogP contribution in [0, 0.1) is 0 Å². The Labute approximate surface area is 138 Å². The van der Waals surface area contributed by atoms with Crippen LogP contribution in [0.2, 0.25) is 0 Å². The van der Waals surface area contributed by atoms with Crippen molar-refractivity contribution in [3.63, 3.8) is 0 Å². The second-order valence-corrected chi connectivity index (χ2v) is 8.23. The quantitative estimate of drug-likeness (QED) is 0.760. The normalized spacial score (nSPS) is 18.0. The maximum absolute atomic E-state index is 6.22. The van der Waals surface area contributed by atoms with Gasteiger partial charge < -0.3 is 10.6 Å². The Morgan fingerprint density at radius 1 is 1.23 bits per heavy atom. The molecule has 1 aliphatic rings. The van der Waals surface area contributed by atoms with Crippen LogP contribution < -0.4 is 10.6 Å². The molecule has 2 aromatic heterocycles. The van der Waals surface area contributed by atoms with Gasteiger partial charge in [0, 0.05) is 28.7 Å². The smallest absolute Gasteiger partial charge is 0.185 e. The molecule has 114 valence electrons. The minimum absolute atomic E-state index is 0.0118. The van der Waals surface area contributed by atoms with Gasteiger partial charge in [0.1, 0.15) is 0 Å². The minimum atomic E-state index is -0.0118. The highest BCUT2D eigenvalue weighted by Gasteiger charge is 2.27. The van der Waals surface area contributed by atoms with E-state index in [0.717, 1.165) is 36.8 Å². The van der Waals surface area contributed by atoms with Crippen LogP contribution in [0.3, 0.4) is 0 Å². The number of hydrogen-bond donors (Lipinski definition) is 1. The average molecular weight is 329 g/mol. The molecule has 0 atom stereocenters. The number of anilines is 1. The maximum atomic E-state index is 6.22. The van der Waals surface area contributed by atoms with Gasteiger partial charge in [0.2, 0.25) is 0 Å². The third-order valence-electron chi connectivity index (χ3n) is 4.35. The Bertz CT molecular complexity index is 760. The molecule has 3 aromatic rings. The molecular weight excluding hydrogens is 310 g/mol. The van der Waals surface area contributed by atoms with Crippen LogP contribution in [0.1, 0.15) is 19.8 Å². The predicted octanol–water partition coefficient (Wildman–Crippen LogP) is 4.34. The van der Waals surface area contributed by atoms with Gasteiger partial charge in [-0.05, 0) is 37.3 Å². The molecular formula is C17H19N3S2. The van der Waals surface area contributed by atoms with Crippen molar-refractivity contribution in [2.24, 2.45) is 5.73 Å². The summed E-state index contributed by atoms with van der Waals surface area (Å²) >= 11 is 3.56. The lowest BCUT2D eigenvalue weighted by atomic mass is 9.91. The summed E-state index contributed by atoms with van der Waals surface area (Å²) in [5.74, 6) is 0.